The number of pyridine rings is 2. The lowest BCUT2D eigenvalue weighted by Crippen LogP contribution is -2.41. The van der Waals surface area contributed by atoms with Crippen molar-refractivity contribution in [3.8, 4) is 11.6 Å². The van der Waals surface area contributed by atoms with Crippen molar-refractivity contribution in [2.24, 2.45) is 0 Å². The Kier molecular flexibility index (Phi) is 4.06. The zero-order valence-electron chi connectivity index (χ0n) is 16.5. The maximum Gasteiger partial charge on any atom is 0.312 e. The van der Waals surface area contributed by atoms with E-state index in [0.29, 0.717) is 35.6 Å². The number of amides is 1. The van der Waals surface area contributed by atoms with Crippen LogP contribution in [0.4, 0.5) is 4.39 Å². The third-order valence-electron chi connectivity index (χ3n) is 5.42. The molecule has 1 atom stereocenters. The van der Waals surface area contributed by atoms with E-state index in [4.69, 9.17) is 4.42 Å². The number of hydrogen-bond donors (Lipinski definition) is 1. The second-order valence-electron chi connectivity index (χ2n) is 7.30. The third kappa shape index (κ3) is 2.86. The highest BCUT2D eigenvalue weighted by Crippen LogP contribution is 2.34. The summed E-state index contributed by atoms with van der Waals surface area (Å²) in [5, 5.41) is 12.3. The maximum absolute atomic E-state index is 14.2. The van der Waals surface area contributed by atoms with E-state index in [-0.39, 0.29) is 11.8 Å². The monoisotopic (exact) mass is 430 g/mol. The molecule has 32 heavy (non-hydrogen) atoms. The van der Waals surface area contributed by atoms with Crippen molar-refractivity contribution in [1.29, 1.82) is 0 Å². The van der Waals surface area contributed by atoms with Crippen molar-refractivity contribution in [2.45, 2.75) is 12.5 Å². The number of fused-ring (bicyclic) bond motifs is 2. The zero-order chi connectivity index (χ0) is 21.7. The molecule has 0 saturated carbocycles. The van der Waals surface area contributed by atoms with Crippen LogP contribution in [0, 0.1) is 5.95 Å². The van der Waals surface area contributed by atoms with E-state index >= 15 is 0 Å². The lowest BCUT2D eigenvalue weighted by atomic mass is 9.99. The van der Waals surface area contributed by atoms with Gasteiger partial charge < -0.3 is 14.3 Å². The average molecular weight is 430 g/mol. The molecule has 5 aromatic heterocycles. The summed E-state index contributed by atoms with van der Waals surface area (Å²) in [4.78, 5) is 26.7. The second kappa shape index (κ2) is 7.08. The standard InChI is InChI=1S/C21H15FN8O2/c22-16-6-3-4-12-10-15(28-30(12)16)18-17-13(24-11-25-17)7-9-29(18)21(31)20-27-26-19(32-20)14-5-1-2-8-23-14/h1-6,8,10-11,18H,7,9H2,(H,24,25)/t18-/m1/s1. The molecule has 158 valence electrons. The molecule has 1 aliphatic rings. The molecule has 0 bridgehead atoms. The zero-order valence-corrected chi connectivity index (χ0v) is 16.5. The largest absolute Gasteiger partial charge is 0.411 e. The van der Waals surface area contributed by atoms with Crippen molar-refractivity contribution in [3.63, 3.8) is 0 Å². The Hall–Kier alpha value is -4.41. The molecule has 0 unspecified atom stereocenters. The van der Waals surface area contributed by atoms with Gasteiger partial charge in [-0.25, -0.2) is 9.50 Å². The van der Waals surface area contributed by atoms with Crippen LogP contribution in [0.5, 0.6) is 0 Å². The second-order valence-corrected chi connectivity index (χ2v) is 7.30. The van der Waals surface area contributed by atoms with Gasteiger partial charge in [-0.2, -0.15) is 9.49 Å². The molecule has 1 amide bonds. The average Bonchev–Trinajstić information content (AvgIpc) is 3.58. The molecular formula is C21H15FN8O2. The number of nitrogens with zero attached hydrogens (tertiary/aromatic N) is 7. The summed E-state index contributed by atoms with van der Waals surface area (Å²) >= 11 is 0. The number of aromatic amines is 1. The molecule has 6 rings (SSSR count). The van der Waals surface area contributed by atoms with Crippen LogP contribution in [0.1, 0.15) is 33.8 Å². The fraction of sp³-hybridized carbons (Fsp3) is 0.143. The van der Waals surface area contributed by atoms with Crippen LogP contribution in [-0.4, -0.2) is 52.1 Å². The number of aromatic nitrogens is 7. The summed E-state index contributed by atoms with van der Waals surface area (Å²) in [6.07, 6.45) is 3.75. The summed E-state index contributed by atoms with van der Waals surface area (Å²) in [6.45, 7) is 0.371. The third-order valence-corrected chi connectivity index (χ3v) is 5.42. The van der Waals surface area contributed by atoms with Crippen molar-refractivity contribution in [3.05, 3.63) is 83.9 Å². The van der Waals surface area contributed by atoms with E-state index in [2.05, 4.69) is 30.2 Å². The highest BCUT2D eigenvalue weighted by Gasteiger charge is 2.38. The van der Waals surface area contributed by atoms with E-state index in [9.17, 15) is 9.18 Å². The van der Waals surface area contributed by atoms with Crippen LogP contribution in [0.3, 0.4) is 0 Å². The summed E-state index contributed by atoms with van der Waals surface area (Å²) in [6, 6.07) is 11.1. The van der Waals surface area contributed by atoms with Gasteiger partial charge in [0.25, 0.3) is 5.89 Å². The maximum atomic E-state index is 14.2. The van der Waals surface area contributed by atoms with E-state index < -0.39 is 17.9 Å². The lowest BCUT2D eigenvalue weighted by Gasteiger charge is -2.32. The number of rotatable bonds is 3. The van der Waals surface area contributed by atoms with Crippen molar-refractivity contribution < 1.29 is 13.6 Å². The van der Waals surface area contributed by atoms with Gasteiger partial charge in [-0.1, -0.05) is 12.1 Å². The number of carbonyl (C=O) groups excluding carboxylic acids is 1. The molecule has 6 heterocycles. The van der Waals surface area contributed by atoms with Gasteiger partial charge in [-0.05, 0) is 30.3 Å². The van der Waals surface area contributed by atoms with Crippen molar-refractivity contribution in [2.75, 3.05) is 6.54 Å². The molecule has 0 fully saturated rings. The smallest absolute Gasteiger partial charge is 0.312 e. The molecule has 1 N–H and O–H groups in total. The van der Waals surface area contributed by atoms with Gasteiger partial charge >= 0.3 is 11.8 Å². The van der Waals surface area contributed by atoms with Crippen LogP contribution in [-0.2, 0) is 6.42 Å². The Morgan fingerprint density at radius 2 is 2.09 bits per heavy atom. The molecule has 1 aliphatic heterocycles. The Morgan fingerprint density at radius 3 is 2.94 bits per heavy atom. The fourth-order valence-electron chi connectivity index (χ4n) is 3.96. The summed E-state index contributed by atoms with van der Waals surface area (Å²) in [5.41, 5.74) is 3.08. The highest BCUT2D eigenvalue weighted by molar-refractivity contribution is 5.90. The molecule has 0 aromatic carbocycles. The summed E-state index contributed by atoms with van der Waals surface area (Å²) < 4.78 is 21.1. The lowest BCUT2D eigenvalue weighted by molar-refractivity contribution is 0.0646. The first-order valence-electron chi connectivity index (χ1n) is 9.91. The SMILES string of the molecule is O=C(c1nnc(-c2ccccn2)o1)N1CCc2[nH]cnc2[C@H]1c1cc2cccc(F)n2n1. The number of imidazole rings is 1. The fourth-order valence-corrected chi connectivity index (χ4v) is 3.96. The van der Waals surface area contributed by atoms with E-state index in [1.807, 2.05) is 0 Å². The van der Waals surface area contributed by atoms with Gasteiger partial charge in [0.05, 0.1) is 23.2 Å². The number of halogens is 1. The molecule has 11 heteroatoms. The van der Waals surface area contributed by atoms with Crippen LogP contribution >= 0.6 is 0 Å². The molecule has 0 radical (unpaired) electrons. The number of nitrogens with one attached hydrogen (secondary N) is 1. The number of hydrogen-bond acceptors (Lipinski definition) is 7. The first kappa shape index (κ1) is 18.4. The minimum absolute atomic E-state index is 0.151. The van der Waals surface area contributed by atoms with Crippen molar-refractivity contribution in [1.82, 2.24) is 39.7 Å². The van der Waals surface area contributed by atoms with E-state index in [1.54, 1.807) is 53.8 Å². The van der Waals surface area contributed by atoms with Crippen LogP contribution in [0.25, 0.3) is 17.1 Å². The predicted octanol–water partition coefficient (Wildman–Crippen LogP) is 2.43. The van der Waals surface area contributed by atoms with Gasteiger partial charge in [-0.3, -0.25) is 9.78 Å². The Morgan fingerprint density at radius 1 is 1.16 bits per heavy atom. The van der Waals surface area contributed by atoms with Crippen LogP contribution < -0.4 is 0 Å². The van der Waals surface area contributed by atoms with Crippen LogP contribution in [0.15, 0.2) is 59.4 Å². The molecular weight excluding hydrogens is 415 g/mol. The molecule has 0 aliphatic carbocycles. The minimum Gasteiger partial charge on any atom is -0.411 e. The Bertz CT molecular complexity index is 1440. The van der Waals surface area contributed by atoms with Gasteiger partial charge in [0.2, 0.25) is 5.95 Å². The van der Waals surface area contributed by atoms with Gasteiger partial charge in [0, 0.05) is 24.9 Å². The predicted molar refractivity (Wildman–Crippen MR) is 108 cm³/mol. The minimum atomic E-state index is -0.637. The first-order valence-corrected chi connectivity index (χ1v) is 9.91. The summed E-state index contributed by atoms with van der Waals surface area (Å²) in [5.74, 6) is -0.972. The normalized spacial score (nSPS) is 15.8. The number of H-pyrrole nitrogens is 1. The van der Waals surface area contributed by atoms with Gasteiger partial charge in [0.15, 0.2) is 0 Å². The van der Waals surface area contributed by atoms with Crippen molar-refractivity contribution >= 4 is 11.4 Å². The Labute approximate surface area is 179 Å². The Balaban J connectivity index is 1.41. The summed E-state index contributed by atoms with van der Waals surface area (Å²) in [7, 11) is 0. The first-order chi connectivity index (χ1) is 15.7. The highest BCUT2D eigenvalue weighted by atomic mass is 19.1. The van der Waals surface area contributed by atoms with Crippen LogP contribution in [0.2, 0.25) is 0 Å². The van der Waals surface area contributed by atoms with Gasteiger partial charge in [0.1, 0.15) is 11.7 Å². The van der Waals surface area contributed by atoms with E-state index in [0.717, 1.165) is 5.69 Å². The van der Waals surface area contributed by atoms with Gasteiger partial charge in [-0.15, -0.1) is 10.2 Å². The number of carbonyl (C=O) groups is 1. The topological polar surface area (TPSA) is 118 Å². The quantitative estimate of drug-likeness (QED) is 0.437. The molecule has 5 aromatic rings. The molecule has 0 saturated heterocycles. The van der Waals surface area contributed by atoms with E-state index in [1.165, 1.54) is 10.6 Å². The molecule has 10 nitrogen and oxygen atoms in total. The molecule has 0 spiro atoms.